The second-order valence-electron chi connectivity index (χ2n) is 8.82. The second-order valence-corrected chi connectivity index (χ2v) is 9.90. The van der Waals surface area contributed by atoms with Crippen LogP contribution in [0.3, 0.4) is 0 Å². The molecule has 1 aliphatic heterocycles. The van der Waals surface area contributed by atoms with Crippen LogP contribution in [-0.4, -0.2) is 36.3 Å². The highest BCUT2D eigenvalue weighted by Gasteiger charge is 2.41. The summed E-state index contributed by atoms with van der Waals surface area (Å²) in [7, 11) is 1.43. The van der Waals surface area contributed by atoms with Gasteiger partial charge in [-0.3, -0.25) is 4.90 Å². The SMILES string of the molecule is COc1cc(OCc2sc(-c3ccc(C(F)(F)F)cc3)nc2CN2CCC(C(F)(F)F)CC2)ccc1C#N. The molecule has 0 aliphatic carbocycles. The predicted octanol–water partition coefficient (Wildman–Crippen LogP) is 7.06. The molecule has 3 aromatic rings. The van der Waals surface area contributed by atoms with Crippen molar-refractivity contribution in [3.63, 3.8) is 0 Å². The summed E-state index contributed by atoms with van der Waals surface area (Å²) in [5.41, 5.74) is 0.649. The Labute approximate surface area is 219 Å². The highest BCUT2D eigenvalue weighted by molar-refractivity contribution is 7.15. The topological polar surface area (TPSA) is 58.4 Å². The van der Waals surface area contributed by atoms with Crippen LogP contribution in [-0.2, 0) is 19.3 Å². The summed E-state index contributed by atoms with van der Waals surface area (Å²) < 4.78 is 89.3. The van der Waals surface area contributed by atoms with Crippen molar-refractivity contribution in [2.24, 2.45) is 5.92 Å². The number of aromatic nitrogens is 1. The van der Waals surface area contributed by atoms with Gasteiger partial charge >= 0.3 is 12.4 Å². The minimum absolute atomic E-state index is 0.00370. The van der Waals surface area contributed by atoms with Gasteiger partial charge in [0, 0.05) is 18.2 Å². The molecule has 5 nitrogen and oxygen atoms in total. The number of rotatable bonds is 7. The minimum Gasteiger partial charge on any atom is -0.495 e. The van der Waals surface area contributed by atoms with Gasteiger partial charge in [-0.2, -0.15) is 31.6 Å². The van der Waals surface area contributed by atoms with Gasteiger partial charge in [-0.15, -0.1) is 11.3 Å². The molecule has 0 radical (unpaired) electrons. The normalized spacial score (nSPS) is 15.3. The number of nitriles is 1. The first-order valence-corrected chi connectivity index (χ1v) is 12.5. The van der Waals surface area contributed by atoms with Crippen LogP contribution in [0.4, 0.5) is 26.3 Å². The molecular formula is C26H23F6N3O2S. The van der Waals surface area contributed by atoms with E-state index in [4.69, 9.17) is 14.7 Å². The Morgan fingerprint density at radius 2 is 1.74 bits per heavy atom. The van der Waals surface area contributed by atoms with Gasteiger partial charge in [0.05, 0.1) is 34.7 Å². The number of hydrogen-bond donors (Lipinski definition) is 0. The van der Waals surface area contributed by atoms with E-state index in [1.54, 1.807) is 18.2 Å². The van der Waals surface area contributed by atoms with E-state index in [0.29, 0.717) is 38.2 Å². The monoisotopic (exact) mass is 555 g/mol. The van der Waals surface area contributed by atoms with E-state index in [1.165, 1.54) is 30.6 Å². The lowest BCUT2D eigenvalue weighted by Gasteiger charge is -2.32. The molecule has 1 fully saturated rings. The van der Waals surface area contributed by atoms with Crippen molar-refractivity contribution in [3.8, 4) is 28.1 Å². The van der Waals surface area contributed by atoms with Gasteiger partial charge in [0.1, 0.15) is 29.2 Å². The fraction of sp³-hybridized carbons (Fsp3) is 0.385. The van der Waals surface area contributed by atoms with Crippen LogP contribution in [0.25, 0.3) is 10.6 Å². The van der Waals surface area contributed by atoms with E-state index in [2.05, 4.69) is 4.98 Å². The van der Waals surface area contributed by atoms with Gasteiger partial charge < -0.3 is 9.47 Å². The summed E-state index contributed by atoms with van der Waals surface area (Å²) in [5, 5.41) is 9.65. The molecule has 0 N–H and O–H groups in total. The zero-order valence-corrected chi connectivity index (χ0v) is 21.0. The number of alkyl halides is 6. The molecule has 38 heavy (non-hydrogen) atoms. The third-order valence-electron chi connectivity index (χ3n) is 6.32. The van der Waals surface area contributed by atoms with Crippen LogP contribution in [0.2, 0.25) is 0 Å². The Hall–Kier alpha value is -3.30. The van der Waals surface area contributed by atoms with Crippen molar-refractivity contribution < 1.29 is 35.8 Å². The molecule has 4 rings (SSSR count). The number of ether oxygens (including phenoxy) is 2. The second kappa shape index (κ2) is 11.2. The number of thiazole rings is 1. The van der Waals surface area contributed by atoms with Crippen molar-refractivity contribution in [3.05, 3.63) is 64.2 Å². The van der Waals surface area contributed by atoms with Gasteiger partial charge in [-0.05, 0) is 50.2 Å². The summed E-state index contributed by atoms with van der Waals surface area (Å²) in [6.07, 6.45) is -8.69. The number of nitrogens with zero attached hydrogens (tertiary/aromatic N) is 3. The molecule has 0 saturated carbocycles. The van der Waals surface area contributed by atoms with E-state index >= 15 is 0 Å². The van der Waals surface area contributed by atoms with Crippen LogP contribution in [0.1, 0.15) is 34.5 Å². The Bertz CT molecular complexity index is 1290. The Kier molecular flexibility index (Phi) is 8.18. The first-order valence-electron chi connectivity index (χ1n) is 11.6. The summed E-state index contributed by atoms with van der Waals surface area (Å²) >= 11 is 1.25. The van der Waals surface area contributed by atoms with Crippen molar-refractivity contribution in [1.82, 2.24) is 9.88 Å². The first kappa shape index (κ1) is 27.7. The fourth-order valence-corrected chi connectivity index (χ4v) is 5.17. The summed E-state index contributed by atoms with van der Waals surface area (Å²) in [6, 6.07) is 11.4. The first-order chi connectivity index (χ1) is 18.0. The quantitative estimate of drug-likeness (QED) is 0.292. The number of hydrogen-bond acceptors (Lipinski definition) is 6. The van der Waals surface area contributed by atoms with Crippen LogP contribution in [0.5, 0.6) is 11.5 Å². The maximum atomic E-state index is 13.1. The van der Waals surface area contributed by atoms with E-state index in [0.717, 1.165) is 12.1 Å². The van der Waals surface area contributed by atoms with Gasteiger partial charge in [0.15, 0.2) is 0 Å². The molecule has 0 amide bonds. The number of methoxy groups -OCH3 is 1. The Morgan fingerprint density at radius 3 is 2.32 bits per heavy atom. The maximum Gasteiger partial charge on any atom is 0.416 e. The molecule has 0 spiro atoms. The molecule has 12 heteroatoms. The predicted molar refractivity (Wildman–Crippen MR) is 129 cm³/mol. The Morgan fingerprint density at radius 1 is 1.05 bits per heavy atom. The zero-order chi connectivity index (χ0) is 27.5. The van der Waals surface area contributed by atoms with Gasteiger partial charge in [0.2, 0.25) is 0 Å². The zero-order valence-electron chi connectivity index (χ0n) is 20.2. The molecule has 1 saturated heterocycles. The number of halogens is 6. The highest BCUT2D eigenvalue weighted by atomic mass is 32.1. The molecule has 0 unspecified atom stereocenters. The molecule has 1 aliphatic rings. The van der Waals surface area contributed by atoms with E-state index < -0.39 is 23.8 Å². The highest BCUT2D eigenvalue weighted by Crippen LogP contribution is 2.37. The van der Waals surface area contributed by atoms with Crippen LogP contribution in [0, 0.1) is 17.2 Å². The smallest absolute Gasteiger partial charge is 0.416 e. The number of piperidine rings is 1. The summed E-state index contributed by atoms with van der Waals surface area (Å²) in [5.74, 6) is -0.555. The molecule has 2 aromatic carbocycles. The molecule has 0 bridgehead atoms. The van der Waals surface area contributed by atoms with Gasteiger partial charge in [-0.1, -0.05) is 12.1 Å². The average molecular weight is 556 g/mol. The van der Waals surface area contributed by atoms with E-state index in [9.17, 15) is 26.3 Å². The van der Waals surface area contributed by atoms with Crippen LogP contribution in [0.15, 0.2) is 42.5 Å². The van der Waals surface area contributed by atoms with E-state index in [1.807, 2.05) is 11.0 Å². The van der Waals surface area contributed by atoms with Crippen LogP contribution >= 0.6 is 11.3 Å². The largest absolute Gasteiger partial charge is 0.495 e. The van der Waals surface area contributed by atoms with Crippen LogP contribution < -0.4 is 9.47 Å². The lowest BCUT2D eigenvalue weighted by Crippen LogP contribution is -2.38. The average Bonchev–Trinajstić information content (AvgIpc) is 3.29. The molecule has 0 atom stereocenters. The van der Waals surface area contributed by atoms with Crippen molar-refractivity contribution in [1.29, 1.82) is 5.26 Å². The molecule has 2 heterocycles. The molecular weight excluding hydrogens is 532 g/mol. The van der Waals surface area contributed by atoms with Crippen molar-refractivity contribution in [2.75, 3.05) is 20.2 Å². The Balaban J connectivity index is 1.56. The van der Waals surface area contributed by atoms with Gasteiger partial charge in [-0.25, -0.2) is 4.98 Å². The number of benzene rings is 2. The maximum absolute atomic E-state index is 13.1. The minimum atomic E-state index is -4.46. The lowest BCUT2D eigenvalue weighted by molar-refractivity contribution is -0.185. The van der Waals surface area contributed by atoms with E-state index in [-0.39, 0.29) is 39.1 Å². The number of likely N-dealkylation sites (tertiary alicyclic amines) is 1. The van der Waals surface area contributed by atoms with Gasteiger partial charge in [0.25, 0.3) is 0 Å². The molecule has 202 valence electrons. The standard InChI is InChI=1S/C26H23F6N3O2S/c1-36-22-12-20(7-4-17(22)13-33)37-15-23-21(14-35-10-8-19(9-11-35)26(30,31)32)34-24(38-23)16-2-5-18(6-3-16)25(27,28)29/h2-7,12,19H,8-11,14-15H2,1H3. The summed E-state index contributed by atoms with van der Waals surface area (Å²) in [6.45, 7) is 0.869. The molecule has 1 aromatic heterocycles. The lowest BCUT2D eigenvalue weighted by atomic mass is 9.96. The third-order valence-corrected chi connectivity index (χ3v) is 7.44. The van der Waals surface area contributed by atoms with Crippen molar-refractivity contribution >= 4 is 11.3 Å². The van der Waals surface area contributed by atoms with Crippen molar-refractivity contribution in [2.45, 2.75) is 38.3 Å². The third kappa shape index (κ3) is 6.57. The summed E-state index contributed by atoms with van der Waals surface area (Å²) in [4.78, 5) is 7.22. The fourth-order valence-electron chi connectivity index (χ4n) is 4.18.